The minimum absolute atomic E-state index is 0.837. The highest BCUT2D eigenvalue weighted by Crippen LogP contribution is 2.12. The molecule has 1 heterocycles. The molecule has 0 spiro atoms. The lowest BCUT2D eigenvalue weighted by molar-refractivity contribution is 0.125. The van der Waals surface area contributed by atoms with E-state index < -0.39 is 0 Å². The van der Waals surface area contributed by atoms with Crippen LogP contribution in [-0.4, -0.2) is 24.0 Å². The molecule has 1 nitrogen and oxygen atoms in total. The summed E-state index contributed by atoms with van der Waals surface area (Å²) in [4.78, 5) is 2.53. The van der Waals surface area contributed by atoms with E-state index in [0.29, 0.717) is 0 Å². The van der Waals surface area contributed by atoms with Gasteiger partial charge in [-0.3, -0.25) is 0 Å². The van der Waals surface area contributed by atoms with Crippen molar-refractivity contribution in [1.82, 2.24) is 4.90 Å². The summed E-state index contributed by atoms with van der Waals surface area (Å²) >= 11 is 0. The monoisotopic (exact) mass is 113 g/mol. The van der Waals surface area contributed by atoms with E-state index in [1.165, 1.54) is 25.9 Å². The third-order valence-electron chi connectivity index (χ3n) is 2.10. The summed E-state index contributed by atoms with van der Waals surface area (Å²) in [5.74, 6) is 0. The maximum Gasteiger partial charge on any atom is 0.00643 e. The first-order valence-corrected chi connectivity index (χ1v) is 3.58. The molecule has 0 saturated carbocycles. The third kappa shape index (κ3) is 1.03. The van der Waals surface area contributed by atoms with Crippen molar-refractivity contribution in [1.29, 1.82) is 0 Å². The van der Waals surface area contributed by atoms with Gasteiger partial charge < -0.3 is 4.90 Å². The lowest BCUT2D eigenvalue weighted by atomic mass is 10.1. The number of hydrogen-bond donors (Lipinski definition) is 0. The molecule has 1 atom stereocenters. The molecule has 0 bridgehead atoms. The van der Waals surface area contributed by atoms with E-state index in [1.54, 1.807) is 0 Å². The number of nitrogens with zero attached hydrogens (tertiary/aromatic N) is 1. The molecule has 0 N–H and O–H groups in total. The van der Waals surface area contributed by atoms with E-state index in [-0.39, 0.29) is 0 Å². The van der Waals surface area contributed by atoms with Gasteiger partial charge in [0.25, 0.3) is 0 Å². The Labute approximate surface area is 51.7 Å². The predicted molar refractivity (Wildman–Crippen MR) is 35.9 cm³/mol. The zero-order chi connectivity index (χ0) is 5.98. The molecule has 0 aromatic rings. The second-order valence-electron chi connectivity index (χ2n) is 2.65. The molecule has 0 amide bonds. The van der Waals surface area contributed by atoms with Gasteiger partial charge in [-0.1, -0.05) is 6.92 Å². The topological polar surface area (TPSA) is 3.24 Å². The summed E-state index contributed by atoms with van der Waals surface area (Å²) < 4.78 is 0. The standard InChI is InChI=1S/C7H15N/c1-3-7(2)8-5-4-6-8/h7H,3-6H2,1-2H3. The molecule has 0 radical (unpaired) electrons. The van der Waals surface area contributed by atoms with Crippen molar-refractivity contribution in [3.63, 3.8) is 0 Å². The van der Waals surface area contributed by atoms with Crippen molar-refractivity contribution in [2.75, 3.05) is 13.1 Å². The summed E-state index contributed by atoms with van der Waals surface area (Å²) in [6.45, 7) is 7.24. The fourth-order valence-corrected chi connectivity index (χ4v) is 1.04. The van der Waals surface area contributed by atoms with Crippen molar-refractivity contribution >= 4 is 0 Å². The van der Waals surface area contributed by atoms with Crippen molar-refractivity contribution in [3.8, 4) is 0 Å². The lowest BCUT2D eigenvalue weighted by Crippen LogP contribution is -2.43. The fraction of sp³-hybridized carbons (Fsp3) is 1.00. The quantitative estimate of drug-likeness (QED) is 0.524. The first-order valence-electron chi connectivity index (χ1n) is 3.58. The third-order valence-corrected chi connectivity index (χ3v) is 2.10. The van der Waals surface area contributed by atoms with E-state index in [9.17, 15) is 0 Å². The van der Waals surface area contributed by atoms with E-state index >= 15 is 0 Å². The molecular formula is C7H15N. The summed E-state index contributed by atoms with van der Waals surface area (Å²) in [6, 6.07) is 0.837. The molecule has 1 aliphatic heterocycles. The normalized spacial score (nSPS) is 24.8. The van der Waals surface area contributed by atoms with Crippen LogP contribution in [0.1, 0.15) is 26.7 Å². The highest BCUT2D eigenvalue weighted by molar-refractivity contribution is 4.73. The maximum atomic E-state index is 2.53. The number of likely N-dealkylation sites (tertiary alicyclic amines) is 1. The molecule has 1 fully saturated rings. The van der Waals surface area contributed by atoms with Gasteiger partial charge in [-0.05, 0) is 32.9 Å². The van der Waals surface area contributed by atoms with Crippen LogP contribution in [0.15, 0.2) is 0 Å². The highest BCUT2D eigenvalue weighted by atomic mass is 15.2. The van der Waals surface area contributed by atoms with E-state index in [1.807, 2.05) is 0 Å². The molecule has 1 aliphatic rings. The van der Waals surface area contributed by atoms with Crippen LogP contribution in [0.4, 0.5) is 0 Å². The SMILES string of the molecule is CCC(C)N1CCC1. The Bertz CT molecular complexity index is 64.0. The molecular weight excluding hydrogens is 98.1 g/mol. The summed E-state index contributed by atoms with van der Waals surface area (Å²) in [6.07, 6.45) is 2.73. The van der Waals surface area contributed by atoms with Gasteiger partial charge in [0.15, 0.2) is 0 Å². The molecule has 0 aromatic carbocycles. The minimum atomic E-state index is 0.837. The molecule has 1 unspecified atom stereocenters. The van der Waals surface area contributed by atoms with Crippen LogP contribution in [-0.2, 0) is 0 Å². The van der Waals surface area contributed by atoms with Crippen LogP contribution in [0.5, 0.6) is 0 Å². The van der Waals surface area contributed by atoms with E-state index in [2.05, 4.69) is 18.7 Å². The van der Waals surface area contributed by atoms with Crippen LogP contribution in [0.25, 0.3) is 0 Å². The molecule has 1 heteroatoms. The van der Waals surface area contributed by atoms with Crippen LogP contribution in [0.3, 0.4) is 0 Å². The molecule has 8 heavy (non-hydrogen) atoms. The fourth-order valence-electron chi connectivity index (χ4n) is 1.04. The Balaban J connectivity index is 2.13. The van der Waals surface area contributed by atoms with Gasteiger partial charge in [0, 0.05) is 6.04 Å². The first kappa shape index (κ1) is 6.09. The van der Waals surface area contributed by atoms with Gasteiger partial charge in [-0.25, -0.2) is 0 Å². The van der Waals surface area contributed by atoms with Gasteiger partial charge in [0.2, 0.25) is 0 Å². The molecule has 0 aliphatic carbocycles. The minimum Gasteiger partial charge on any atom is -0.301 e. The van der Waals surface area contributed by atoms with Gasteiger partial charge in [0.1, 0.15) is 0 Å². The number of hydrogen-bond acceptors (Lipinski definition) is 1. The van der Waals surface area contributed by atoms with Gasteiger partial charge in [-0.2, -0.15) is 0 Å². The van der Waals surface area contributed by atoms with Crippen LogP contribution in [0.2, 0.25) is 0 Å². The predicted octanol–water partition coefficient (Wildman–Crippen LogP) is 1.49. The van der Waals surface area contributed by atoms with Crippen LogP contribution >= 0.6 is 0 Å². The second kappa shape index (κ2) is 2.49. The zero-order valence-corrected chi connectivity index (χ0v) is 5.85. The van der Waals surface area contributed by atoms with E-state index in [0.717, 1.165) is 6.04 Å². The average Bonchev–Trinajstić information content (AvgIpc) is 1.62. The highest BCUT2D eigenvalue weighted by Gasteiger charge is 2.17. The number of rotatable bonds is 2. The molecule has 1 rings (SSSR count). The van der Waals surface area contributed by atoms with Gasteiger partial charge >= 0.3 is 0 Å². The van der Waals surface area contributed by atoms with Gasteiger partial charge in [-0.15, -0.1) is 0 Å². The molecule has 0 aromatic heterocycles. The van der Waals surface area contributed by atoms with Gasteiger partial charge in [0.05, 0.1) is 0 Å². The maximum absolute atomic E-state index is 2.53. The zero-order valence-electron chi connectivity index (χ0n) is 5.85. The first-order chi connectivity index (χ1) is 3.84. The molecule has 1 saturated heterocycles. The molecule has 48 valence electrons. The summed E-state index contributed by atoms with van der Waals surface area (Å²) in [7, 11) is 0. The summed E-state index contributed by atoms with van der Waals surface area (Å²) in [5, 5.41) is 0. The Kier molecular flexibility index (Phi) is 1.90. The van der Waals surface area contributed by atoms with Crippen molar-refractivity contribution in [2.45, 2.75) is 32.7 Å². The lowest BCUT2D eigenvalue weighted by Gasteiger charge is -2.35. The Morgan fingerprint density at radius 3 is 2.25 bits per heavy atom. The van der Waals surface area contributed by atoms with Crippen molar-refractivity contribution in [3.05, 3.63) is 0 Å². The summed E-state index contributed by atoms with van der Waals surface area (Å²) in [5.41, 5.74) is 0. The second-order valence-corrected chi connectivity index (χ2v) is 2.65. The van der Waals surface area contributed by atoms with Crippen LogP contribution < -0.4 is 0 Å². The van der Waals surface area contributed by atoms with Crippen molar-refractivity contribution < 1.29 is 0 Å². The Hall–Kier alpha value is -0.0400. The largest absolute Gasteiger partial charge is 0.301 e. The van der Waals surface area contributed by atoms with Crippen LogP contribution in [0, 0.1) is 0 Å². The average molecular weight is 113 g/mol. The Morgan fingerprint density at radius 2 is 2.12 bits per heavy atom. The van der Waals surface area contributed by atoms with E-state index in [4.69, 9.17) is 0 Å². The Morgan fingerprint density at radius 1 is 1.50 bits per heavy atom. The van der Waals surface area contributed by atoms with Crippen molar-refractivity contribution in [2.24, 2.45) is 0 Å². The smallest absolute Gasteiger partial charge is 0.00643 e.